The second-order valence-electron chi connectivity index (χ2n) is 4.99. The third-order valence-electron chi connectivity index (χ3n) is 3.25. The van der Waals surface area contributed by atoms with E-state index >= 15 is 0 Å². The van der Waals surface area contributed by atoms with Crippen molar-refractivity contribution in [3.05, 3.63) is 60.7 Å². The second kappa shape index (κ2) is 6.74. The van der Waals surface area contributed by atoms with E-state index in [9.17, 15) is 4.79 Å². The Morgan fingerprint density at radius 3 is 2.62 bits per heavy atom. The van der Waals surface area contributed by atoms with E-state index in [1.54, 1.807) is 48.8 Å². The molecule has 0 saturated carbocycles. The standard InChI is InChI=1S/C17H15N5O2/c1-11(23)12-4-6-13(7-5-12)22-16-15(18)17(21-10-20-16)24-14-3-2-8-19-9-14/h2-10H,18H2,1H3,(H,20,21,22). The number of nitrogens with one attached hydrogen (secondary N) is 1. The van der Waals surface area contributed by atoms with E-state index in [-0.39, 0.29) is 17.4 Å². The Hall–Kier alpha value is -3.48. The molecule has 0 fully saturated rings. The zero-order valence-corrected chi connectivity index (χ0v) is 12.9. The number of ether oxygens (including phenoxy) is 1. The van der Waals surface area contributed by atoms with E-state index in [4.69, 9.17) is 10.5 Å². The molecule has 0 spiro atoms. The van der Waals surface area contributed by atoms with Gasteiger partial charge in [-0.05, 0) is 43.3 Å². The summed E-state index contributed by atoms with van der Waals surface area (Å²) in [5.41, 5.74) is 7.73. The summed E-state index contributed by atoms with van der Waals surface area (Å²) in [5.74, 6) is 1.19. The second-order valence-corrected chi connectivity index (χ2v) is 4.99. The summed E-state index contributed by atoms with van der Waals surface area (Å²) in [5, 5.41) is 3.08. The fraction of sp³-hybridized carbons (Fsp3) is 0.0588. The summed E-state index contributed by atoms with van der Waals surface area (Å²) in [6.45, 7) is 1.52. The minimum atomic E-state index is 0.00950. The van der Waals surface area contributed by atoms with E-state index in [0.29, 0.717) is 17.1 Å². The number of nitrogens with two attached hydrogens (primary N) is 1. The van der Waals surface area contributed by atoms with Crippen molar-refractivity contribution in [1.82, 2.24) is 15.0 Å². The van der Waals surface area contributed by atoms with Crippen molar-refractivity contribution < 1.29 is 9.53 Å². The predicted octanol–water partition coefficient (Wildman–Crippen LogP) is 3.19. The summed E-state index contributed by atoms with van der Waals surface area (Å²) in [6.07, 6.45) is 4.57. The average Bonchev–Trinajstić information content (AvgIpc) is 2.60. The number of Topliss-reactive ketones (excluding diaryl/α,β-unsaturated/α-hetero) is 1. The van der Waals surface area contributed by atoms with Gasteiger partial charge in [-0.15, -0.1) is 0 Å². The van der Waals surface area contributed by atoms with E-state index in [1.807, 2.05) is 0 Å². The molecule has 2 aromatic heterocycles. The number of hydrogen-bond acceptors (Lipinski definition) is 7. The molecule has 0 bridgehead atoms. The molecule has 0 aliphatic rings. The summed E-state index contributed by atoms with van der Waals surface area (Å²) < 4.78 is 5.61. The van der Waals surface area contributed by atoms with Crippen molar-refractivity contribution in [1.29, 1.82) is 0 Å². The number of pyridine rings is 1. The highest BCUT2D eigenvalue weighted by atomic mass is 16.5. The number of nitrogen functional groups attached to an aromatic ring is 1. The van der Waals surface area contributed by atoms with Gasteiger partial charge in [-0.1, -0.05) is 0 Å². The number of hydrogen-bond donors (Lipinski definition) is 2. The Morgan fingerprint density at radius 2 is 1.96 bits per heavy atom. The van der Waals surface area contributed by atoms with Crippen LogP contribution in [0.25, 0.3) is 0 Å². The van der Waals surface area contributed by atoms with Crippen molar-refractivity contribution in [2.75, 3.05) is 11.1 Å². The maximum absolute atomic E-state index is 11.3. The van der Waals surface area contributed by atoms with Crippen molar-refractivity contribution in [3.8, 4) is 11.6 Å². The summed E-state index contributed by atoms with van der Waals surface area (Å²) >= 11 is 0. The monoisotopic (exact) mass is 321 g/mol. The Balaban J connectivity index is 1.81. The van der Waals surface area contributed by atoms with E-state index in [0.717, 1.165) is 5.69 Å². The molecule has 2 heterocycles. The molecule has 0 atom stereocenters. The van der Waals surface area contributed by atoms with Crippen LogP contribution in [0.3, 0.4) is 0 Å². The van der Waals surface area contributed by atoms with Gasteiger partial charge in [0.1, 0.15) is 17.8 Å². The molecule has 1 aromatic carbocycles. The lowest BCUT2D eigenvalue weighted by molar-refractivity contribution is 0.101. The number of benzene rings is 1. The third kappa shape index (κ3) is 3.46. The van der Waals surface area contributed by atoms with Gasteiger partial charge in [-0.3, -0.25) is 9.78 Å². The number of carbonyl (C=O) groups excluding carboxylic acids is 1. The Morgan fingerprint density at radius 1 is 1.17 bits per heavy atom. The van der Waals surface area contributed by atoms with Crippen LogP contribution in [0, 0.1) is 0 Å². The minimum absolute atomic E-state index is 0.00950. The van der Waals surface area contributed by atoms with Crippen LogP contribution in [0.5, 0.6) is 11.6 Å². The highest BCUT2D eigenvalue weighted by Crippen LogP contribution is 2.30. The Labute approximate surface area is 138 Å². The molecule has 0 radical (unpaired) electrons. The lowest BCUT2D eigenvalue weighted by Crippen LogP contribution is -2.03. The zero-order chi connectivity index (χ0) is 16.9. The van der Waals surface area contributed by atoms with Crippen LogP contribution in [-0.4, -0.2) is 20.7 Å². The molecule has 7 nitrogen and oxygen atoms in total. The average molecular weight is 321 g/mol. The van der Waals surface area contributed by atoms with Gasteiger partial charge in [-0.2, -0.15) is 4.98 Å². The first kappa shape index (κ1) is 15.4. The van der Waals surface area contributed by atoms with Crippen molar-refractivity contribution >= 4 is 23.0 Å². The van der Waals surface area contributed by atoms with Crippen LogP contribution < -0.4 is 15.8 Å². The molecule has 120 valence electrons. The van der Waals surface area contributed by atoms with Gasteiger partial charge in [0.2, 0.25) is 5.88 Å². The molecule has 3 aromatic rings. The lowest BCUT2D eigenvalue weighted by atomic mass is 10.1. The van der Waals surface area contributed by atoms with Crippen LogP contribution >= 0.6 is 0 Å². The first-order valence-electron chi connectivity index (χ1n) is 7.20. The number of rotatable bonds is 5. The van der Waals surface area contributed by atoms with E-state index < -0.39 is 0 Å². The van der Waals surface area contributed by atoms with Crippen LogP contribution in [0.15, 0.2) is 55.1 Å². The fourth-order valence-electron chi connectivity index (χ4n) is 2.00. The highest BCUT2D eigenvalue weighted by Gasteiger charge is 2.11. The molecule has 7 heteroatoms. The zero-order valence-electron chi connectivity index (χ0n) is 12.9. The first-order chi connectivity index (χ1) is 11.6. The molecular weight excluding hydrogens is 306 g/mol. The van der Waals surface area contributed by atoms with Crippen LogP contribution in [0.1, 0.15) is 17.3 Å². The number of ketones is 1. The van der Waals surface area contributed by atoms with Crippen molar-refractivity contribution in [2.24, 2.45) is 0 Å². The molecule has 24 heavy (non-hydrogen) atoms. The summed E-state index contributed by atoms with van der Waals surface area (Å²) in [4.78, 5) is 23.4. The molecule has 0 unspecified atom stereocenters. The fourth-order valence-corrected chi connectivity index (χ4v) is 2.00. The summed E-state index contributed by atoms with van der Waals surface area (Å²) in [7, 11) is 0. The molecule has 0 aliphatic heterocycles. The first-order valence-corrected chi connectivity index (χ1v) is 7.20. The van der Waals surface area contributed by atoms with Gasteiger partial charge in [0.25, 0.3) is 0 Å². The molecule has 3 N–H and O–H groups in total. The topological polar surface area (TPSA) is 103 Å². The quantitative estimate of drug-likeness (QED) is 0.695. The molecular formula is C17H15N5O2. The van der Waals surface area contributed by atoms with Gasteiger partial charge in [0, 0.05) is 17.4 Å². The number of carbonyl (C=O) groups is 1. The summed E-state index contributed by atoms with van der Waals surface area (Å²) in [6, 6.07) is 10.5. The third-order valence-corrected chi connectivity index (χ3v) is 3.25. The van der Waals surface area contributed by atoms with E-state index in [1.165, 1.54) is 13.3 Å². The largest absolute Gasteiger partial charge is 0.435 e. The molecule has 0 aliphatic carbocycles. The predicted molar refractivity (Wildman–Crippen MR) is 90.5 cm³/mol. The molecule has 3 rings (SSSR count). The smallest absolute Gasteiger partial charge is 0.248 e. The van der Waals surface area contributed by atoms with Gasteiger partial charge in [0.15, 0.2) is 11.6 Å². The van der Waals surface area contributed by atoms with Crippen LogP contribution in [0.2, 0.25) is 0 Å². The van der Waals surface area contributed by atoms with Crippen LogP contribution in [-0.2, 0) is 0 Å². The highest BCUT2D eigenvalue weighted by molar-refractivity contribution is 5.94. The Bertz CT molecular complexity index is 851. The molecule has 0 saturated heterocycles. The van der Waals surface area contributed by atoms with E-state index in [2.05, 4.69) is 20.3 Å². The van der Waals surface area contributed by atoms with Gasteiger partial charge < -0.3 is 15.8 Å². The van der Waals surface area contributed by atoms with Gasteiger partial charge >= 0.3 is 0 Å². The lowest BCUT2D eigenvalue weighted by Gasteiger charge is -2.11. The maximum atomic E-state index is 11.3. The maximum Gasteiger partial charge on any atom is 0.248 e. The number of anilines is 3. The minimum Gasteiger partial charge on any atom is -0.435 e. The van der Waals surface area contributed by atoms with Gasteiger partial charge in [-0.25, -0.2) is 4.98 Å². The normalized spacial score (nSPS) is 10.2. The van der Waals surface area contributed by atoms with Crippen LogP contribution in [0.4, 0.5) is 17.2 Å². The van der Waals surface area contributed by atoms with Crippen molar-refractivity contribution in [2.45, 2.75) is 6.92 Å². The van der Waals surface area contributed by atoms with Gasteiger partial charge in [0.05, 0.1) is 6.20 Å². The number of nitrogens with zero attached hydrogens (tertiary/aromatic N) is 3. The SMILES string of the molecule is CC(=O)c1ccc(Nc2ncnc(Oc3cccnc3)c2N)cc1. The Kier molecular flexibility index (Phi) is 4.33. The van der Waals surface area contributed by atoms with Crippen molar-refractivity contribution in [3.63, 3.8) is 0 Å². The molecule has 0 amide bonds. The number of aromatic nitrogens is 3.